The van der Waals surface area contributed by atoms with Crippen LogP contribution in [0.2, 0.25) is 0 Å². The summed E-state index contributed by atoms with van der Waals surface area (Å²) < 4.78 is 0. The zero-order chi connectivity index (χ0) is 26.7. The van der Waals surface area contributed by atoms with Gasteiger partial charge in [-0.15, -0.1) is 0 Å². The Kier molecular flexibility index (Phi) is 25.9. The van der Waals surface area contributed by atoms with Crippen LogP contribution in [0.25, 0.3) is 0 Å². The molecule has 0 radical (unpaired) electrons. The Morgan fingerprint density at radius 1 is 0.583 bits per heavy atom. The summed E-state index contributed by atoms with van der Waals surface area (Å²) in [6, 6.07) is 0. The van der Waals surface area contributed by atoms with Gasteiger partial charge in [0.1, 0.15) is 11.6 Å². The van der Waals surface area contributed by atoms with Gasteiger partial charge in [-0.3, -0.25) is 9.59 Å². The summed E-state index contributed by atoms with van der Waals surface area (Å²) in [6.07, 6.45) is 32.6. The van der Waals surface area contributed by atoms with Gasteiger partial charge in [-0.05, 0) is 65.5 Å². The molecule has 0 rings (SSSR count). The van der Waals surface area contributed by atoms with Crippen molar-refractivity contribution < 1.29 is 9.59 Å². The van der Waals surface area contributed by atoms with Gasteiger partial charge in [-0.2, -0.15) is 0 Å². The number of hydrogen-bond donors (Lipinski definition) is 0. The zero-order valence-electron chi connectivity index (χ0n) is 24.7. The highest BCUT2D eigenvalue weighted by Crippen LogP contribution is 2.17. The second-order valence-electron chi connectivity index (χ2n) is 11.0. The van der Waals surface area contributed by atoms with Crippen molar-refractivity contribution >= 4 is 11.6 Å². The Balaban J connectivity index is 3.94. The van der Waals surface area contributed by atoms with Crippen molar-refractivity contribution in [2.24, 2.45) is 5.92 Å². The Labute approximate surface area is 225 Å². The van der Waals surface area contributed by atoms with E-state index in [1.807, 2.05) is 14.1 Å². The van der Waals surface area contributed by atoms with E-state index in [0.29, 0.717) is 31.6 Å². The van der Waals surface area contributed by atoms with E-state index >= 15 is 0 Å². The van der Waals surface area contributed by atoms with E-state index in [-0.39, 0.29) is 11.7 Å². The molecule has 0 heterocycles. The normalized spacial score (nSPS) is 12.8. The van der Waals surface area contributed by atoms with E-state index in [2.05, 4.69) is 43.1 Å². The molecule has 0 fully saturated rings. The van der Waals surface area contributed by atoms with Crippen molar-refractivity contribution in [3.8, 4) is 0 Å². The molecular formula is C33H61NO2. The van der Waals surface area contributed by atoms with Gasteiger partial charge in [0.05, 0.1) is 0 Å². The van der Waals surface area contributed by atoms with Gasteiger partial charge < -0.3 is 4.90 Å². The van der Waals surface area contributed by atoms with Crippen LogP contribution < -0.4 is 0 Å². The summed E-state index contributed by atoms with van der Waals surface area (Å²) in [5, 5.41) is 0. The van der Waals surface area contributed by atoms with Crippen LogP contribution in [0.15, 0.2) is 24.3 Å². The zero-order valence-corrected chi connectivity index (χ0v) is 24.7. The van der Waals surface area contributed by atoms with E-state index < -0.39 is 0 Å². The highest BCUT2D eigenvalue weighted by atomic mass is 16.1. The van der Waals surface area contributed by atoms with Crippen LogP contribution in [-0.4, -0.2) is 37.1 Å². The number of carbonyl (C=O) groups is 2. The third-order valence-corrected chi connectivity index (χ3v) is 6.92. The maximum Gasteiger partial charge on any atom is 0.137 e. The Morgan fingerprint density at radius 2 is 1.00 bits per heavy atom. The van der Waals surface area contributed by atoms with Gasteiger partial charge in [0.25, 0.3) is 0 Å². The highest BCUT2D eigenvalue weighted by molar-refractivity contribution is 5.88. The molecule has 210 valence electrons. The maximum absolute atomic E-state index is 12.8. The fourth-order valence-corrected chi connectivity index (χ4v) is 4.62. The minimum atomic E-state index is -0.125. The molecule has 36 heavy (non-hydrogen) atoms. The first-order chi connectivity index (χ1) is 17.5. The molecule has 0 aliphatic rings. The quantitative estimate of drug-likeness (QED) is 0.0827. The Hall–Kier alpha value is -1.22. The molecule has 0 spiro atoms. The molecule has 0 aromatic carbocycles. The minimum Gasteiger partial charge on any atom is -0.309 e. The third-order valence-electron chi connectivity index (χ3n) is 6.92. The van der Waals surface area contributed by atoms with Gasteiger partial charge in [-0.25, -0.2) is 0 Å². The molecule has 0 aromatic heterocycles. The number of Topliss-reactive ketones (excluding diaryl/α,β-unsaturated/α-hetero) is 2. The molecule has 0 N–H and O–H groups in total. The predicted molar refractivity (Wildman–Crippen MR) is 159 cm³/mol. The number of unbranched alkanes of at least 4 members (excludes halogenated alkanes) is 14. The van der Waals surface area contributed by atoms with E-state index in [1.165, 1.54) is 89.9 Å². The van der Waals surface area contributed by atoms with Crippen LogP contribution in [0.5, 0.6) is 0 Å². The smallest absolute Gasteiger partial charge is 0.137 e. The van der Waals surface area contributed by atoms with Crippen LogP contribution >= 0.6 is 0 Å². The lowest BCUT2D eigenvalue weighted by atomic mass is 9.91. The predicted octanol–water partition coefficient (Wildman–Crippen LogP) is 9.65. The highest BCUT2D eigenvalue weighted by Gasteiger charge is 2.21. The number of hydrogen-bond acceptors (Lipinski definition) is 3. The second kappa shape index (κ2) is 26.8. The lowest BCUT2D eigenvalue weighted by Gasteiger charge is -2.19. The van der Waals surface area contributed by atoms with Gasteiger partial charge in [-0.1, -0.05) is 102 Å². The molecule has 0 aromatic rings. The first-order valence-electron chi connectivity index (χ1n) is 15.5. The van der Waals surface area contributed by atoms with Crippen LogP contribution in [0, 0.1) is 5.92 Å². The molecule has 3 nitrogen and oxygen atoms in total. The first kappa shape index (κ1) is 34.8. The fraction of sp³-hybridized carbons (Fsp3) is 0.818. The molecule has 1 unspecified atom stereocenters. The van der Waals surface area contributed by atoms with E-state index in [9.17, 15) is 9.59 Å². The SMILES string of the molecule is CCCCC=CCCCCCCCC(=O)CC(CN(C)C)C(=O)CCCCCCCC=CCCCC. The van der Waals surface area contributed by atoms with Crippen molar-refractivity contribution in [1.29, 1.82) is 0 Å². The number of carbonyl (C=O) groups excluding carboxylic acids is 2. The summed E-state index contributed by atoms with van der Waals surface area (Å²) in [6.45, 7) is 5.16. The van der Waals surface area contributed by atoms with Crippen LogP contribution in [0.3, 0.4) is 0 Å². The number of rotatable bonds is 27. The van der Waals surface area contributed by atoms with Gasteiger partial charge in [0.15, 0.2) is 0 Å². The van der Waals surface area contributed by atoms with Crippen molar-refractivity contribution in [3.63, 3.8) is 0 Å². The van der Waals surface area contributed by atoms with E-state index in [1.54, 1.807) is 0 Å². The maximum atomic E-state index is 12.8. The summed E-state index contributed by atoms with van der Waals surface area (Å²) in [7, 11) is 4.00. The molecular weight excluding hydrogens is 442 g/mol. The third kappa shape index (κ3) is 24.5. The minimum absolute atomic E-state index is 0.125. The van der Waals surface area contributed by atoms with Gasteiger partial charge in [0, 0.05) is 31.7 Å². The van der Waals surface area contributed by atoms with E-state index in [4.69, 9.17) is 0 Å². The number of nitrogens with zero attached hydrogens (tertiary/aromatic N) is 1. The molecule has 0 saturated carbocycles. The van der Waals surface area contributed by atoms with Crippen molar-refractivity contribution in [2.75, 3.05) is 20.6 Å². The molecule has 0 amide bonds. The molecule has 0 bridgehead atoms. The standard InChI is InChI=1S/C33H61NO2/c1-5-7-9-11-13-15-17-19-21-23-25-27-32(35)29-31(30-34(3)4)33(36)28-26-24-22-20-18-16-14-12-10-8-6-2/h11-14,31H,5-10,15-30H2,1-4H3. The molecule has 0 saturated heterocycles. The molecule has 3 heteroatoms. The molecule has 1 atom stereocenters. The monoisotopic (exact) mass is 503 g/mol. The first-order valence-corrected chi connectivity index (χ1v) is 15.5. The average molecular weight is 504 g/mol. The number of allylic oxidation sites excluding steroid dienone is 4. The van der Waals surface area contributed by atoms with Crippen LogP contribution in [0.1, 0.15) is 149 Å². The van der Waals surface area contributed by atoms with Crippen molar-refractivity contribution in [2.45, 2.75) is 149 Å². The number of ketones is 2. The molecule has 0 aliphatic carbocycles. The summed E-state index contributed by atoms with van der Waals surface area (Å²) >= 11 is 0. The second-order valence-corrected chi connectivity index (χ2v) is 11.0. The van der Waals surface area contributed by atoms with Crippen LogP contribution in [0.4, 0.5) is 0 Å². The fourth-order valence-electron chi connectivity index (χ4n) is 4.62. The van der Waals surface area contributed by atoms with E-state index in [0.717, 1.165) is 25.7 Å². The lowest BCUT2D eigenvalue weighted by Crippen LogP contribution is -2.29. The topological polar surface area (TPSA) is 37.4 Å². The lowest BCUT2D eigenvalue weighted by molar-refractivity contribution is -0.128. The Morgan fingerprint density at radius 3 is 1.47 bits per heavy atom. The van der Waals surface area contributed by atoms with Gasteiger partial charge >= 0.3 is 0 Å². The average Bonchev–Trinajstić information content (AvgIpc) is 2.85. The van der Waals surface area contributed by atoms with Gasteiger partial charge in [0.2, 0.25) is 0 Å². The summed E-state index contributed by atoms with van der Waals surface area (Å²) in [5.41, 5.74) is 0. The molecule has 0 aliphatic heterocycles. The van der Waals surface area contributed by atoms with Crippen molar-refractivity contribution in [1.82, 2.24) is 4.90 Å². The summed E-state index contributed by atoms with van der Waals surface area (Å²) in [4.78, 5) is 27.5. The van der Waals surface area contributed by atoms with Crippen molar-refractivity contribution in [3.05, 3.63) is 24.3 Å². The Bertz CT molecular complexity index is 564. The summed E-state index contributed by atoms with van der Waals surface area (Å²) in [5.74, 6) is 0.448. The largest absolute Gasteiger partial charge is 0.309 e. The van der Waals surface area contributed by atoms with Crippen LogP contribution in [-0.2, 0) is 9.59 Å².